The zero-order chi connectivity index (χ0) is 17.8. The van der Waals surface area contributed by atoms with Crippen molar-refractivity contribution in [3.05, 3.63) is 46.2 Å². The molecule has 1 N–H and O–H groups in total. The Morgan fingerprint density at radius 1 is 1.28 bits per heavy atom. The number of fused-ring (bicyclic) bond motifs is 1. The minimum absolute atomic E-state index is 0.257. The number of carbonyl (C=O) groups is 3. The number of hydrogen-bond acceptors (Lipinski definition) is 7. The van der Waals surface area contributed by atoms with Crippen molar-refractivity contribution in [2.75, 3.05) is 6.61 Å². The van der Waals surface area contributed by atoms with Gasteiger partial charge in [0.05, 0.1) is 16.0 Å². The van der Waals surface area contributed by atoms with Crippen LogP contribution in [0.3, 0.4) is 0 Å². The molecular formula is C16H14N4O4S. The molecule has 2 amide bonds. The normalized spacial score (nSPS) is 10.6. The number of benzene rings is 1. The minimum Gasteiger partial charge on any atom is -0.452 e. The highest BCUT2D eigenvalue weighted by Crippen LogP contribution is 2.14. The first-order valence-corrected chi connectivity index (χ1v) is 8.34. The van der Waals surface area contributed by atoms with E-state index in [9.17, 15) is 14.4 Å². The van der Waals surface area contributed by atoms with Gasteiger partial charge in [0.25, 0.3) is 11.8 Å². The van der Waals surface area contributed by atoms with Crippen molar-refractivity contribution in [2.45, 2.75) is 13.5 Å². The fraction of sp³-hybridized carbons (Fsp3) is 0.188. The Bertz CT molecular complexity index is 933. The summed E-state index contributed by atoms with van der Waals surface area (Å²) in [6, 6.07) is 8.14. The number of rotatable bonds is 5. The van der Waals surface area contributed by atoms with Gasteiger partial charge in [0.1, 0.15) is 5.52 Å². The Morgan fingerprint density at radius 3 is 2.84 bits per heavy atom. The molecule has 0 saturated carbocycles. The largest absolute Gasteiger partial charge is 0.452 e. The third kappa shape index (κ3) is 3.72. The zero-order valence-electron chi connectivity index (χ0n) is 13.3. The third-order valence-corrected chi connectivity index (χ3v) is 4.25. The molecule has 0 aliphatic rings. The predicted molar refractivity (Wildman–Crippen MR) is 90.3 cm³/mol. The van der Waals surface area contributed by atoms with Crippen LogP contribution >= 0.6 is 11.3 Å². The fourth-order valence-corrected chi connectivity index (χ4v) is 2.80. The van der Waals surface area contributed by atoms with E-state index >= 15 is 0 Å². The second-order valence-electron chi connectivity index (χ2n) is 5.04. The van der Waals surface area contributed by atoms with E-state index in [0.29, 0.717) is 16.9 Å². The summed E-state index contributed by atoms with van der Waals surface area (Å²) in [5.41, 5.74) is 1.62. The molecule has 0 saturated heterocycles. The van der Waals surface area contributed by atoms with Gasteiger partial charge in [-0.25, -0.2) is 9.48 Å². The highest BCUT2D eigenvalue weighted by Gasteiger charge is 2.15. The number of nitrogens with one attached hydrogen (secondary N) is 1. The van der Waals surface area contributed by atoms with E-state index in [0.717, 1.165) is 5.52 Å². The fourth-order valence-electron chi connectivity index (χ4n) is 2.18. The molecule has 128 valence electrons. The Kier molecular flexibility index (Phi) is 4.85. The Hall–Kier alpha value is -3.07. The molecule has 1 aromatic carbocycles. The van der Waals surface area contributed by atoms with E-state index in [1.165, 1.54) is 11.3 Å². The van der Waals surface area contributed by atoms with Crippen molar-refractivity contribution in [2.24, 2.45) is 0 Å². The lowest BCUT2D eigenvalue weighted by atomic mass is 10.2. The molecular weight excluding hydrogens is 344 g/mol. The smallest absolute Gasteiger partial charge is 0.338 e. The number of hydrogen-bond donors (Lipinski definition) is 1. The van der Waals surface area contributed by atoms with Crippen molar-refractivity contribution in [3.63, 3.8) is 0 Å². The summed E-state index contributed by atoms with van der Waals surface area (Å²) in [7, 11) is 0. The number of ether oxygens (including phenoxy) is 1. The topological polar surface area (TPSA) is 103 Å². The first-order chi connectivity index (χ1) is 12.1. The summed E-state index contributed by atoms with van der Waals surface area (Å²) in [6.45, 7) is 2.06. The molecule has 0 unspecified atom stereocenters. The number of nitrogens with zero attached hydrogens (tertiary/aromatic N) is 3. The predicted octanol–water partition coefficient (Wildman–Crippen LogP) is 1.63. The summed E-state index contributed by atoms with van der Waals surface area (Å²) in [5.74, 6) is -1.88. The Balaban J connectivity index is 1.58. The van der Waals surface area contributed by atoms with E-state index in [4.69, 9.17) is 4.74 Å². The number of carbonyl (C=O) groups excluding carboxylic acids is 3. The lowest BCUT2D eigenvalue weighted by Crippen LogP contribution is -2.33. The van der Waals surface area contributed by atoms with E-state index in [1.54, 1.807) is 40.4 Å². The van der Waals surface area contributed by atoms with Gasteiger partial charge in [0, 0.05) is 6.54 Å². The molecule has 2 aromatic heterocycles. The summed E-state index contributed by atoms with van der Waals surface area (Å²) in [6.07, 6.45) is 0. The molecule has 0 radical (unpaired) electrons. The highest BCUT2D eigenvalue weighted by atomic mass is 32.1. The van der Waals surface area contributed by atoms with Gasteiger partial charge in [-0.2, -0.15) is 0 Å². The number of amides is 2. The van der Waals surface area contributed by atoms with E-state index in [2.05, 4.69) is 15.6 Å². The molecule has 0 aliphatic carbocycles. The van der Waals surface area contributed by atoms with E-state index < -0.39 is 24.4 Å². The second kappa shape index (κ2) is 7.22. The average molecular weight is 358 g/mol. The van der Waals surface area contributed by atoms with Crippen molar-refractivity contribution in [1.82, 2.24) is 20.3 Å². The van der Waals surface area contributed by atoms with Crippen LogP contribution in [-0.4, -0.2) is 39.4 Å². The van der Waals surface area contributed by atoms with Crippen LogP contribution in [0.5, 0.6) is 0 Å². The molecule has 2 heterocycles. The molecule has 9 heteroatoms. The van der Waals surface area contributed by atoms with Crippen molar-refractivity contribution < 1.29 is 19.1 Å². The quantitative estimate of drug-likeness (QED) is 0.695. The number of imide groups is 1. The lowest BCUT2D eigenvalue weighted by molar-refractivity contribution is -0.123. The van der Waals surface area contributed by atoms with Gasteiger partial charge in [0.15, 0.2) is 6.61 Å². The maximum Gasteiger partial charge on any atom is 0.338 e. The van der Waals surface area contributed by atoms with Crippen LogP contribution in [0, 0.1) is 0 Å². The summed E-state index contributed by atoms with van der Waals surface area (Å²) < 4.78 is 6.64. The second-order valence-corrected chi connectivity index (χ2v) is 5.99. The standard InChI is InChI=1S/C16H14N4O4S/c1-2-20-12-6-5-10(8-11(12)18-19-20)16(23)24-9-14(21)17-15(22)13-4-3-7-25-13/h3-8H,2,9H2,1H3,(H,17,21,22). The van der Waals surface area contributed by atoms with Gasteiger partial charge in [-0.15, -0.1) is 16.4 Å². The average Bonchev–Trinajstić information content (AvgIpc) is 3.28. The van der Waals surface area contributed by atoms with Gasteiger partial charge in [-0.05, 0) is 36.6 Å². The van der Waals surface area contributed by atoms with Gasteiger partial charge in [-0.1, -0.05) is 11.3 Å². The molecule has 8 nitrogen and oxygen atoms in total. The minimum atomic E-state index is -0.690. The van der Waals surface area contributed by atoms with Crippen LogP contribution in [0.1, 0.15) is 27.0 Å². The molecule has 25 heavy (non-hydrogen) atoms. The molecule has 3 rings (SSSR count). The molecule has 0 atom stereocenters. The maximum atomic E-state index is 12.0. The van der Waals surface area contributed by atoms with Crippen LogP contribution in [0.2, 0.25) is 0 Å². The molecule has 0 fully saturated rings. The Labute approximate surface area is 146 Å². The van der Waals surface area contributed by atoms with Gasteiger partial charge in [-0.3, -0.25) is 14.9 Å². The van der Waals surface area contributed by atoms with Gasteiger partial charge in [0.2, 0.25) is 0 Å². The van der Waals surface area contributed by atoms with E-state index in [1.807, 2.05) is 6.92 Å². The number of aromatic nitrogens is 3. The first-order valence-electron chi connectivity index (χ1n) is 7.46. The van der Waals surface area contributed by atoms with Crippen LogP contribution < -0.4 is 5.32 Å². The van der Waals surface area contributed by atoms with Crippen LogP contribution in [-0.2, 0) is 16.1 Å². The number of thiophene rings is 1. The van der Waals surface area contributed by atoms with Crippen molar-refractivity contribution in [3.8, 4) is 0 Å². The molecule has 3 aromatic rings. The third-order valence-electron chi connectivity index (χ3n) is 3.38. The first kappa shape index (κ1) is 16.8. The van der Waals surface area contributed by atoms with Crippen molar-refractivity contribution in [1.29, 1.82) is 0 Å². The number of esters is 1. The van der Waals surface area contributed by atoms with E-state index in [-0.39, 0.29) is 5.56 Å². The molecule has 0 aliphatic heterocycles. The Morgan fingerprint density at radius 2 is 2.12 bits per heavy atom. The van der Waals surface area contributed by atoms with Crippen LogP contribution in [0.15, 0.2) is 35.7 Å². The monoisotopic (exact) mass is 358 g/mol. The summed E-state index contributed by atoms with van der Waals surface area (Å²) in [4.78, 5) is 35.9. The maximum absolute atomic E-state index is 12.0. The lowest BCUT2D eigenvalue weighted by Gasteiger charge is -2.05. The highest BCUT2D eigenvalue weighted by molar-refractivity contribution is 7.12. The van der Waals surface area contributed by atoms with Gasteiger partial charge < -0.3 is 4.74 Å². The van der Waals surface area contributed by atoms with Crippen molar-refractivity contribution >= 4 is 40.2 Å². The zero-order valence-corrected chi connectivity index (χ0v) is 14.1. The summed E-state index contributed by atoms with van der Waals surface area (Å²) >= 11 is 1.21. The molecule has 0 spiro atoms. The van der Waals surface area contributed by atoms with Crippen LogP contribution in [0.25, 0.3) is 11.0 Å². The molecule has 0 bridgehead atoms. The summed E-state index contributed by atoms with van der Waals surface area (Å²) in [5, 5.41) is 11.8. The van der Waals surface area contributed by atoms with Crippen LogP contribution in [0.4, 0.5) is 0 Å². The SMILES string of the molecule is CCn1nnc2cc(C(=O)OCC(=O)NC(=O)c3cccs3)ccc21. The van der Waals surface area contributed by atoms with Gasteiger partial charge >= 0.3 is 5.97 Å². The number of aryl methyl sites for hydroxylation is 1.